The van der Waals surface area contributed by atoms with E-state index in [0.29, 0.717) is 5.41 Å². The fraction of sp³-hybridized carbons (Fsp3) is 0.625. The standard InChI is InChI=1S/C16H25NO/c1-4-15(18)13-8-5-6-9-14(13)17-11-7-10-16(2,3)12-17/h5-6,8-9,15,18H,4,7,10-12H2,1-3H3/t15-/m1/s1. The first-order valence-corrected chi connectivity index (χ1v) is 7.05. The quantitative estimate of drug-likeness (QED) is 0.879. The van der Waals surface area contributed by atoms with E-state index >= 15 is 0 Å². The second-order valence-corrected chi connectivity index (χ2v) is 6.17. The summed E-state index contributed by atoms with van der Waals surface area (Å²) in [6.45, 7) is 8.88. The van der Waals surface area contributed by atoms with Gasteiger partial charge in [0.05, 0.1) is 6.10 Å². The van der Waals surface area contributed by atoms with Gasteiger partial charge in [-0.05, 0) is 30.7 Å². The Morgan fingerprint density at radius 1 is 1.33 bits per heavy atom. The summed E-state index contributed by atoms with van der Waals surface area (Å²) in [5.74, 6) is 0. The van der Waals surface area contributed by atoms with Crippen molar-refractivity contribution in [3.63, 3.8) is 0 Å². The Bertz CT molecular complexity index is 400. The van der Waals surface area contributed by atoms with Gasteiger partial charge in [0.2, 0.25) is 0 Å². The van der Waals surface area contributed by atoms with Crippen LogP contribution in [0.1, 0.15) is 51.7 Å². The number of hydrogen-bond donors (Lipinski definition) is 1. The minimum atomic E-state index is -0.341. The lowest BCUT2D eigenvalue weighted by molar-refractivity contribution is 0.173. The van der Waals surface area contributed by atoms with E-state index in [9.17, 15) is 5.11 Å². The minimum absolute atomic E-state index is 0.341. The Hall–Kier alpha value is -1.02. The number of hydrogen-bond acceptors (Lipinski definition) is 2. The Morgan fingerprint density at radius 2 is 2.06 bits per heavy atom. The summed E-state index contributed by atoms with van der Waals surface area (Å²) < 4.78 is 0. The van der Waals surface area contributed by atoms with E-state index < -0.39 is 0 Å². The van der Waals surface area contributed by atoms with Crippen LogP contribution < -0.4 is 4.90 Å². The van der Waals surface area contributed by atoms with Gasteiger partial charge in [-0.25, -0.2) is 0 Å². The van der Waals surface area contributed by atoms with Crippen molar-refractivity contribution in [3.05, 3.63) is 29.8 Å². The maximum absolute atomic E-state index is 10.1. The van der Waals surface area contributed by atoms with Crippen LogP contribution in [0.2, 0.25) is 0 Å². The summed E-state index contributed by atoms with van der Waals surface area (Å²) in [4.78, 5) is 2.44. The van der Waals surface area contributed by atoms with Crippen LogP contribution in [-0.4, -0.2) is 18.2 Å². The Morgan fingerprint density at radius 3 is 2.72 bits per heavy atom. The second kappa shape index (κ2) is 5.31. The van der Waals surface area contributed by atoms with E-state index in [1.54, 1.807) is 0 Å². The van der Waals surface area contributed by atoms with Crippen molar-refractivity contribution in [3.8, 4) is 0 Å². The number of aliphatic hydroxyl groups excluding tert-OH is 1. The lowest BCUT2D eigenvalue weighted by Crippen LogP contribution is -2.40. The maximum Gasteiger partial charge on any atom is 0.0807 e. The van der Waals surface area contributed by atoms with Crippen molar-refractivity contribution in [1.82, 2.24) is 0 Å². The highest BCUT2D eigenvalue weighted by Crippen LogP contribution is 2.35. The molecule has 1 aromatic rings. The largest absolute Gasteiger partial charge is 0.388 e. The van der Waals surface area contributed by atoms with Gasteiger partial charge in [0, 0.05) is 24.3 Å². The second-order valence-electron chi connectivity index (χ2n) is 6.17. The molecule has 1 heterocycles. The number of rotatable bonds is 3. The summed E-state index contributed by atoms with van der Waals surface area (Å²) in [6, 6.07) is 8.30. The molecule has 1 aliphatic rings. The first-order valence-electron chi connectivity index (χ1n) is 7.05. The van der Waals surface area contributed by atoms with Crippen LogP contribution in [0, 0.1) is 5.41 Å². The van der Waals surface area contributed by atoms with E-state index in [4.69, 9.17) is 0 Å². The van der Waals surface area contributed by atoms with E-state index in [1.807, 2.05) is 13.0 Å². The number of benzene rings is 1. The van der Waals surface area contributed by atoms with Crippen LogP contribution in [0.15, 0.2) is 24.3 Å². The van der Waals surface area contributed by atoms with Gasteiger partial charge >= 0.3 is 0 Å². The van der Waals surface area contributed by atoms with Crippen LogP contribution in [0.3, 0.4) is 0 Å². The third kappa shape index (κ3) is 2.86. The SMILES string of the molecule is CC[C@@H](O)c1ccccc1N1CCCC(C)(C)C1. The van der Waals surface area contributed by atoms with Gasteiger partial charge in [0.1, 0.15) is 0 Å². The van der Waals surface area contributed by atoms with Crippen LogP contribution in [0.5, 0.6) is 0 Å². The van der Waals surface area contributed by atoms with Gasteiger partial charge in [-0.3, -0.25) is 0 Å². The molecule has 1 aromatic carbocycles. The molecule has 2 heteroatoms. The first-order chi connectivity index (χ1) is 8.53. The first kappa shape index (κ1) is 13.4. The molecule has 18 heavy (non-hydrogen) atoms. The highest BCUT2D eigenvalue weighted by atomic mass is 16.3. The molecule has 0 saturated carbocycles. The van der Waals surface area contributed by atoms with E-state index in [2.05, 4.69) is 36.9 Å². The molecule has 1 fully saturated rings. The Kier molecular flexibility index (Phi) is 3.96. The summed E-state index contributed by atoms with van der Waals surface area (Å²) in [7, 11) is 0. The minimum Gasteiger partial charge on any atom is -0.388 e. The van der Waals surface area contributed by atoms with Gasteiger partial charge in [-0.2, -0.15) is 0 Å². The van der Waals surface area contributed by atoms with Crippen molar-refractivity contribution < 1.29 is 5.11 Å². The molecule has 0 radical (unpaired) electrons. The average Bonchev–Trinajstić information content (AvgIpc) is 2.36. The fourth-order valence-electron chi connectivity index (χ4n) is 2.91. The van der Waals surface area contributed by atoms with Gasteiger partial charge in [-0.15, -0.1) is 0 Å². The van der Waals surface area contributed by atoms with E-state index in [1.165, 1.54) is 18.5 Å². The molecule has 0 bridgehead atoms. The summed E-state index contributed by atoms with van der Waals surface area (Å²) in [5.41, 5.74) is 2.68. The predicted octanol–water partition coefficient (Wildman–Crippen LogP) is 3.76. The fourth-order valence-corrected chi connectivity index (χ4v) is 2.91. The summed E-state index contributed by atoms with van der Waals surface area (Å²) in [6.07, 6.45) is 2.96. The molecule has 1 saturated heterocycles. The zero-order valence-corrected chi connectivity index (χ0v) is 11.8. The van der Waals surface area contributed by atoms with Gasteiger partial charge in [-0.1, -0.05) is 39.0 Å². The molecule has 1 N–H and O–H groups in total. The third-order valence-corrected chi connectivity index (χ3v) is 3.92. The van der Waals surface area contributed by atoms with E-state index in [-0.39, 0.29) is 6.10 Å². The molecule has 100 valence electrons. The van der Waals surface area contributed by atoms with Crippen molar-refractivity contribution in [2.24, 2.45) is 5.41 Å². The molecule has 2 rings (SSSR count). The Labute approximate surface area is 111 Å². The third-order valence-electron chi connectivity index (χ3n) is 3.92. The summed E-state index contributed by atoms with van der Waals surface area (Å²) in [5, 5.41) is 10.1. The average molecular weight is 247 g/mol. The molecule has 2 nitrogen and oxygen atoms in total. The molecular formula is C16H25NO. The van der Waals surface area contributed by atoms with E-state index in [0.717, 1.165) is 25.1 Å². The number of para-hydroxylation sites is 1. The normalized spacial score (nSPS) is 20.8. The van der Waals surface area contributed by atoms with Gasteiger partial charge in [0.25, 0.3) is 0 Å². The Balaban J connectivity index is 2.27. The summed E-state index contributed by atoms with van der Waals surface area (Å²) >= 11 is 0. The monoisotopic (exact) mass is 247 g/mol. The molecule has 0 spiro atoms. The topological polar surface area (TPSA) is 23.5 Å². The number of anilines is 1. The van der Waals surface area contributed by atoms with Gasteiger partial charge < -0.3 is 10.0 Å². The maximum atomic E-state index is 10.1. The number of aliphatic hydroxyl groups is 1. The van der Waals surface area contributed by atoms with Gasteiger partial charge in [0.15, 0.2) is 0 Å². The molecule has 1 aliphatic heterocycles. The molecule has 0 aliphatic carbocycles. The lowest BCUT2D eigenvalue weighted by atomic mass is 9.83. The zero-order valence-electron chi connectivity index (χ0n) is 11.8. The molecule has 0 unspecified atom stereocenters. The molecule has 0 amide bonds. The molecule has 1 atom stereocenters. The highest BCUT2D eigenvalue weighted by Gasteiger charge is 2.28. The predicted molar refractivity (Wildman–Crippen MR) is 76.9 cm³/mol. The number of nitrogens with zero attached hydrogens (tertiary/aromatic N) is 1. The van der Waals surface area contributed by atoms with Crippen molar-refractivity contribution >= 4 is 5.69 Å². The van der Waals surface area contributed by atoms with Crippen LogP contribution >= 0.6 is 0 Å². The van der Waals surface area contributed by atoms with Crippen molar-refractivity contribution in [2.75, 3.05) is 18.0 Å². The highest BCUT2D eigenvalue weighted by molar-refractivity contribution is 5.55. The van der Waals surface area contributed by atoms with Crippen molar-refractivity contribution in [2.45, 2.75) is 46.1 Å². The molecular weight excluding hydrogens is 222 g/mol. The van der Waals surface area contributed by atoms with Crippen LogP contribution in [0.4, 0.5) is 5.69 Å². The molecule has 0 aromatic heterocycles. The van der Waals surface area contributed by atoms with Crippen molar-refractivity contribution in [1.29, 1.82) is 0 Å². The number of piperidine rings is 1. The van der Waals surface area contributed by atoms with Crippen LogP contribution in [0.25, 0.3) is 0 Å². The zero-order chi connectivity index (χ0) is 13.2. The smallest absolute Gasteiger partial charge is 0.0807 e. The van der Waals surface area contributed by atoms with Crippen LogP contribution in [-0.2, 0) is 0 Å². The lowest BCUT2D eigenvalue weighted by Gasteiger charge is -2.40.